The first-order chi connectivity index (χ1) is 12.7. The molecule has 142 valence electrons. The summed E-state index contributed by atoms with van der Waals surface area (Å²) in [5, 5.41) is 11.7. The number of amides is 1. The molecule has 8 heteroatoms. The summed E-state index contributed by atoms with van der Waals surface area (Å²) in [6.45, 7) is 3.21. The standard InChI is InChI=1S/C19H21N3O4S/c1-14(2)26-18-11-7-6-10-17(18)22(27(3,24)25)13-19(23)21-16-9-5-4-8-15(16)12-20/h4-11,14H,13H2,1-3H3,(H,21,23). The molecule has 0 radical (unpaired) electrons. The van der Waals surface area contributed by atoms with Gasteiger partial charge >= 0.3 is 0 Å². The van der Waals surface area contributed by atoms with Gasteiger partial charge in [0, 0.05) is 0 Å². The first-order valence-corrected chi connectivity index (χ1v) is 10.1. The first kappa shape index (κ1) is 20.3. The molecule has 0 aliphatic carbocycles. The Kier molecular flexibility index (Phi) is 6.42. The molecule has 0 aliphatic heterocycles. The molecule has 1 amide bonds. The molecule has 7 nitrogen and oxygen atoms in total. The summed E-state index contributed by atoms with van der Waals surface area (Å²) < 4.78 is 31.3. The molecule has 0 aromatic heterocycles. The average molecular weight is 387 g/mol. The number of para-hydroxylation sites is 3. The monoisotopic (exact) mass is 387 g/mol. The number of anilines is 2. The van der Waals surface area contributed by atoms with Crippen LogP contribution in [0.2, 0.25) is 0 Å². The number of nitrogens with one attached hydrogen (secondary N) is 1. The zero-order chi connectivity index (χ0) is 20.0. The predicted molar refractivity (Wildman–Crippen MR) is 104 cm³/mol. The van der Waals surface area contributed by atoms with Crippen molar-refractivity contribution in [1.82, 2.24) is 0 Å². The SMILES string of the molecule is CC(C)Oc1ccccc1N(CC(=O)Nc1ccccc1C#N)S(C)(=O)=O. The van der Waals surface area contributed by atoms with Crippen LogP contribution in [0.25, 0.3) is 0 Å². The van der Waals surface area contributed by atoms with E-state index in [2.05, 4.69) is 5.32 Å². The van der Waals surface area contributed by atoms with Gasteiger partial charge in [0.15, 0.2) is 0 Å². The lowest BCUT2D eigenvalue weighted by molar-refractivity contribution is -0.114. The molecule has 27 heavy (non-hydrogen) atoms. The number of nitriles is 1. The van der Waals surface area contributed by atoms with Crippen molar-refractivity contribution in [3.05, 3.63) is 54.1 Å². The summed E-state index contributed by atoms with van der Waals surface area (Å²) >= 11 is 0. The number of ether oxygens (including phenoxy) is 1. The number of sulfonamides is 1. The fourth-order valence-electron chi connectivity index (χ4n) is 2.41. The van der Waals surface area contributed by atoms with Crippen molar-refractivity contribution in [2.24, 2.45) is 0 Å². The Morgan fingerprint density at radius 1 is 1.19 bits per heavy atom. The van der Waals surface area contributed by atoms with E-state index in [0.29, 0.717) is 17.0 Å². The summed E-state index contributed by atoms with van der Waals surface area (Å²) in [5.41, 5.74) is 0.892. The van der Waals surface area contributed by atoms with Gasteiger partial charge in [-0.3, -0.25) is 9.10 Å². The molecule has 0 unspecified atom stereocenters. The van der Waals surface area contributed by atoms with Gasteiger partial charge in [0.2, 0.25) is 15.9 Å². The van der Waals surface area contributed by atoms with Crippen LogP contribution < -0.4 is 14.4 Å². The number of hydrogen-bond donors (Lipinski definition) is 1. The van der Waals surface area contributed by atoms with Crippen LogP contribution in [0.1, 0.15) is 19.4 Å². The van der Waals surface area contributed by atoms with E-state index in [-0.39, 0.29) is 11.8 Å². The van der Waals surface area contributed by atoms with Crippen LogP contribution in [0.4, 0.5) is 11.4 Å². The highest BCUT2D eigenvalue weighted by Crippen LogP contribution is 2.30. The van der Waals surface area contributed by atoms with Crippen LogP contribution in [0, 0.1) is 11.3 Å². The maximum Gasteiger partial charge on any atom is 0.245 e. The Morgan fingerprint density at radius 3 is 2.44 bits per heavy atom. The number of carbonyl (C=O) groups is 1. The lowest BCUT2D eigenvalue weighted by atomic mass is 10.2. The molecule has 0 atom stereocenters. The van der Waals surface area contributed by atoms with Gasteiger partial charge in [0.1, 0.15) is 18.4 Å². The molecule has 1 N–H and O–H groups in total. The highest BCUT2D eigenvalue weighted by molar-refractivity contribution is 7.92. The van der Waals surface area contributed by atoms with Crippen LogP contribution in [-0.4, -0.2) is 33.2 Å². The fourth-order valence-corrected chi connectivity index (χ4v) is 3.27. The largest absolute Gasteiger partial charge is 0.489 e. The van der Waals surface area contributed by atoms with E-state index in [1.165, 1.54) is 0 Å². The minimum atomic E-state index is -3.75. The Hall–Kier alpha value is -3.05. The second-order valence-corrected chi connectivity index (χ2v) is 8.02. The van der Waals surface area contributed by atoms with Crippen LogP contribution in [0.3, 0.4) is 0 Å². The Bertz CT molecular complexity index is 965. The van der Waals surface area contributed by atoms with Gasteiger partial charge in [0.05, 0.1) is 29.3 Å². The summed E-state index contributed by atoms with van der Waals surface area (Å²) in [4.78, 5) is 12.5. The van der Waals surface area contributed by atoms with Crippen molar-refractivity contribution >= 4 is 27.3 Å². The minimum absolute atomic E-state index is 0.163. The number of carbonyl (C=O) groups excluding carboxylic acids is 1. The number of rotatable bonds is 7. The van der Waals surface area contributed by atoms with E-state index >= 15 is 0 Å². The third-order valence-corrected chi connectivity index (χ3v) is 4.63. The molecule has 0 fully saturated rings. The van der Waals surface area contributed by atoms with E-state index in [4.69, 9.17) is 10.00 Å². The van der Waals surface area contributed by atoms with E-state index < -0.39 is 22.5 Å². The van der Waals surface area contributed by atoms with Crippen molar-refractivity contribution in [2.75, 3.05) is 22.4 Å². The van der Waals surface area contributed by atoms with E-state index in [1.54, 1.807) is 48.5 Å². The fraction of sp³-hybridized carbons (Fsp3) is 0.263. The lowest BCUT2D eigenvalue weighted by Crippen LogP contribution is -2.37. The molecule has 0 saturated heterocycles. The maximum atomic E-state index is 12.5. The second-order valence-electron chi connectivity index (χ2n) is 6.11. The Balaban J connectivity index is 2.32. The van der Waals surface area contributed by atoms with Gasteiger partial charge in [-0.25, -0.2) is 8.42 Å². The quantitative estimate of drug-likeness (QED) is 0.787. The van der Waals surface area contributed by atoms with Crippen LogP contribution >= 0.6 is 0 Å². The second kappa shape index (κ2) is 8.56. The summed E-state index contributed by atoms with van der Waals surface area (Å²) in [7, 11) is -3.75. The van der Waals surface area contributed by atoms with Gasteiger partial charge in [-0.1, -0.05) is 24.3 Å². The van der Waals surface area contributed by atoms with Crippen LogP contribution in [-0.2, 0) is 14.8 Å². The van der Waals surface area contributed by atoms with Crippen LogP contribution in [0.15, 0.2) is 48.5 Å². The zero-order valence-electron chi connectivity index (χ0n) is 15.3. The van der Waals surface area contributed by atoms with E-state index in [9.17, 15) is 13.2 Å². The third-order valence-electron chi connectivity index (χ3n) is 3.51. The molecule has 0 spiro atoms. The molecular weight excluding hydrogens is 366 g/mol. The van der Waals surface area contributed by atoms with Gasteiger partial charge < -0.3 is 10.1 Å². The molecular formula is C19H21N3O4S. The number of hydrogen-bond acceptors (Lipinski definition) is 5. The number of nitrogens with zero attached hydrogens (tertiary/aromatic N) is 2. The molecule has 0 saturated carbocycles. The molecule has 2 aromatic carbocycles. The average Bonchev–Trinajstić information content (AvgIpc) is 2.59. The minimum Gasteiger partial charge on any atom is -0.489 e. The molecule has 0 bridgehead atoms. The first-order valence-electron chi connectivity index (χ1n) is 8.24. The maximum absolute atomic E-state index is 12.5. The highest BCUT2D eigenvalue weighted by Gasteiger charge is 2.24. The van der Waals surface area contributed by atoms with Crippen molar-refractivity contribution in [1.29, 1.82) is 5.26 Å². The smallest absolute Gasteiger partial charge is 0.245 e. The zero-order valence-corrected chi connectivity index (χ0v) is 16.2. The van der Waals surface area contributed by atoms with E-state index in [0.717, 1.165) is 10.6 Å². The molecule has 0 heterocycles. The van der Waals surface area contributed by atoms with E-state index in [1.807, 2.05) is 19.9 Å². The molecule has 0 aliphatic rings. The van der Waals surface area contributed by atoms with Crippen molar-refractivity contribution in [3.63, 3.8) is 0 Å². The van der Waals surface area contributed by atoms with Crippen molar-refractivity contribution < 1.29 is 17.9 Å². The number of benzene rings is 2. The summed E-state index contributed by atoms with van der Waals surface area (Å²) in [5.74, 6) is -0.203. The molecule has 2 rings (SSSR count). The Morgan fingerprint density at radius 2 is 1.81 bits per heavy atom. The lowest BCUT2D eigenvalue weighted by Gasteiger charge is -2.25. The van der Waals surface area contributed by atoms with Gasteiger partial charge in [-0.15, -0.1) is 0 Å². The van der Waals surface area contributed by atoms with Crippen molar-refractivity contribution in [2.45, 2.75) is 20.0 Å². The topological polar surface area (TPSA) is 99.5 Å². The predicted octanol–water partition coefficient (Wildman–Crippen LogP) is 2.75. The van der Waals surface area contributed by atoms with Gasteiger partial charge in [-0.2, -0.15) is 5.26 Å². The van der Waals surface area contributed by atoms with Gasteiger partial charge in [-0.05, 0) is 38.1 Å². The van der Waals surface area contributed by atoms with Crippen LogP contribution in [0.5, 0.6) is 5.75 Å². The normalized spacial score (nSPS) is 10.9. The molecule has 2 aromatic rings. The third kappa shape index (κ3) is 5.46. The van der Waals surface area contributed by atoms with Crippen molar-refractivity contribution in [3.8, 4) is 11.8 Å². The summed E-state index contributed by atoms with van der Waals surface area (Å²) in [6.07, 6.45) is 0.860. The van der Waals surface area contributed by atoms with Gasteiger partial charge in [0.25, 0.3) is 0 Å². The summed E-state index contributed by atoms with van der Waals surface area (Å²) in [6, 6.07) is 15.1. The highest BCUT2D eigenvalue weighted by atomic mass is 32.2. The Labute approximate surface area is 159 Å².